The smallest absolute Gasteiger partial charge is 0.326 e. The van der Waals surface area contributed by atoms with Crippen LogP contribution in [-0.4, -0.2) is 27.9 Å². The number of nitrogens with zero attached hydrogens (tertiary/aromatic N) is 1. The van der Waals surface area contributed by atoms with Crippen LogP contribution in [0, 0.1) is 16.0 Å². The van der Waals surface area contributed by atoms with Gasteiger partial charge in [-0.3, -0.25) is 14.9 Å². The maximum absolute atomic E-state index is 11.5. The number of carbonyl (C=O) groups is 2. The fourth-order valence-corrected chi connectivity index (χ4v) is 1.53. The normalized spacial score (nSPS) is 11.9. The highest BCUT2D eigenvalue weighted by Crippen LogP contribution is 2.13. The number of hydrogen-bond acceptors (Lipinski definition) is 4. The number of nitro benzene ring substituents is 1. The molecule has 0 aliphatic rings. The van der Waals surface area contributed by atoms with E-state index in [-0.39, 0.29) is 23.9 Å². The minimum absolute atomic E-state index is 0.0631. The standard InChI is InChI=1S/C13H16N2O5/c1-8(2)12(16)14-11(13(17)18)7-9-3-5-10(6-4-9)15(19)20/h3-6,8,11H,7H2,1-2H3,(H,14,16)(H,17,18)/t11-/m0/s1. The van der Waals surface area contributed by atoms with Crippen LogP contribution in [-0.2, 0) is 16.0 Å². The van der Waals surface area contributed by atoms with E-state index in [4.69, 9.17) is 5.11 Å². The summed E-state index contributed by atoms with van der Waals surface area (Å²) in [6, 6.07) is 4.52. The number of carbonyl (C=O) groups excluding carboxylic acids is 1. The zero-order valence-corrected chi connectivity index (χ0v) is 11.2. The number of carboxylic acids is 1. The second-order valence-electron chi connectivity index (χ2n) is 4.68. The maximum atomic E-state index is 11.5. The van der Waals surface area contributed by atoms with Gasteiger partial charge in [-0.05, 0) is 5.56 Å². The monoisotopic (exact) mass is 280 g/mol. The van der Waals surface area contributed by atoms with Gasteiger partial charge in [0.25, 0.3) is 5.69 Å². The molecule has 0 aliphatic heterocycles. The van der Waals surface area contributed by atoms with Crippen molar-refractivity contribution in [2.24, 2.45) is 5.92 Å². The predicted molar refractivity (Wildman–Crippen MR) is 71.2 cm³/mol. The van der Waals surface area contributed by atoms with Crippen molar-refractivity contribution in [3.8, 4) is 0 Å². The van der Waals surface area contributed by atoms with Gasteiger partial charge in [-0.25, -0.2) is 4.79 Å². The van der Waals surface area contributed by atoms with Crippen molar-refractivity contribution in [1.29, 1.82) is 0 Å². The minimum Gasteiger partial charge on any atom is -0.480 e. The van der Waals surface area contributed by atoms with E-state index in [1.165, 1.54) is 24.3 Å². The Morgan fingerprint density at radius 3 is 2.25 bits per heavy atom. The van der Waals surface area contributed by atoms with Crippen molar-refractivity contribution in [2.45, 2.75) is 26.3 Å². The summed E-state index contributed by atoms with van der Waals surface area (Å²) in [5.41, 5.74) is 0.541. The Hall–Kier alpha value is -2.44. The summed E-state index contributed by atoms with van der Waals surface area (Å²) in [4.78, 5) is 32.6. The largest absolute Gasteiger partial charge is 0.480 e. The second kappa shape index (κ2) is 6.65. The van der Waals surface area contributed by atoms with Gasteiger partial charge in [-0.15, -0.1) is 0 Å². The van der Waals surface area contributed by atoms with Crippen LogP contribution in [0.2, 0.25) is 0 Å². The van der Waals surface area contributed by atoms with Gasteiger partial charge in [0.15, 0.2) is 0 Å². The van der Waals surface area contributed by atoms with Gasteiger partial charge >= 0.3 is 5.97 Å². The van der Waals surface area contributed by atoms with Crippen molar-refractivity contribution in [3.63, 3.8) is 0 Å². The number of hydrogen-bond donors (Lipinski definition) is 2. The molecule has 20 heavy (non-hydrogen) atoms. The fourth-order valence-electron chi connectivity index (χ4n) is 1.53. The Balaban J connectivity index is 2.78. The topological polar surface area (TPSA) is 110 Å². The van der Waals surface area contributed by atoms with Crippen molar-refractivity contribution in [1.82, 2.24) is 5.32 Å². The lowest BCUT2D eigenvalue weighted by molar-refractivity contribution is -0.384. The number of nitro groups is 1. The maximum Gasteiger partial charge on any atom is 0.326 e. The fraction of sp³-hybridized carbons (Fsp3) is 0.385. The molecule has 1 atom stereocenters. The van der Waals surface area contributed by atoms with Gasteiger partial charge in [0.05, 0.1) is 4.92 Å². The van der Waals surface area contributed by atoms with Crippen molar-refractivity contribution < 1.29 is 19.6 Å². The van der Waals surface area contributed by atoms with Gasteiger partial charge in [0.2, 0.25) is 5.91 Å². The van der Waals surface area contributed by atoms with Crippen molar-refractivity contribution >= 4 is 17.6 Å². The third kappa shape index (κ3) is 4.34. The Kier molecular flexibility index (Phi) is 5.19. The predicted octanol–water partition coefficient (Wildman–Crippen LogP) is 1.36. The molecule has 0 heterocycles. The molecule has 0 unspecified atom stereocenters. The summed E-state index contributed by atoms with van der Waals surface area (Å²) < 4.78 is 0. The first-order valence-electron chi connectivity index (χ1n) is 6.07. The van der Waals surface area contributed by atoms with Crippen LogP contribution < -0.4 is 5.32 Å². The lowest BCUT2D eigenvalue weighted by Gasteiger charge is -2.16. The highest BCUT2D eigenvalue weighted by molar-refractivity contribution is 5.84. The molecule has 1 aromatic rings. The molecule has 0 aromatic heterocycles. The van der Waals surface area contributed by atoms with Crippen molar-refractivity contribution in [3.05, 3.63) is 39.9 Å². The molecule has 1 amide bonds. The molecule has 7 heteroatoms. The first-order chi connectivity index (χ1) is 9.31. The number of aliphatic carboxylic acids is 1. The molecule has 0 spiro atoms. The average molecular weight is 280 g/mol. The number of rotatable bonds is 6. The Bertz CT molecular complexity index is 510. The molecule has 0 saturated carbocycles. The summed E-state index contributed by atoms with van der Waals surface area (Å²) >= 11 is 0. The Labute approximate surface area is 115 Å². The number of amides is 1. The lowest BCUT2D eigenvalue weighted by atomic mass is 10.0. The Morgan fingerprint density at radius 1 is 1.30 bits per heavy atom. The Morgan fingerprint density at radius 2 is 1.85 bits per heavy atom. The molecule has 2 N–H and O–H groups in total. The number of benzene rings is 1. The van der Waals surface area contributed by atoms with E-state index in [1.54, 1.807) is 13.8 Å². The lowest BCUT2D eigenvalue weighted by Crippen LogP contribution is -2.44. The molecule has 1 aromatic carbocycles. The number of carboxylic acid groups (broad SMARTS) is 1. The quantitative estimate of drug-likeness (QED) is 0.604. The second-order valence-corrected chi connectivity index (χ2v) is 4.68. The van der Waals surface area contributed by atoms with Crippen LogP contribution >= 0.6 is 0 Å². The summed E-state index contributed by atoms with van der Waals surface area (Å²) in [5.74, 6) is -1.80. The zero-order chi connectivity index (χ0) is 15.3. The molecule has 0 radical (unpaired) electrons. The SMILES string of the molecule is CC(C)C(=O)N[C@@H](Cc1ccc([N+](=O)[O-])cc1)C(=O)O. The van der Waals surface area contributed by atoms with Crippen LogP contribution in [0.25, 0.3) is 0 Å². The highest BCUT2D eigenvalue weighted by atomic mass is 16.6. The number of nitrogens with one attached hydrogen (secondary N) is 1. The molecule has 1 rings (SSSR count). The zero-order valence-electron chi connectivity index (χ0n) is 11.2. The summed E-state index contributed by atoms with van der Waals surface area (Å²) in [6.07, 6.45) is 0.0752. The van der Waals surface area contributed by atoms with E-state index in [2.05, 4.69) is 5.32 Å². The molecule has 0 bridgehead atoms. The van der Waals surface area contributed by atoms with Gasteiger partial charge in [0, 0.05) is 24.5 Å². The van der Waals surface area contributed by atoms with E-state index in [9.17, 15) is 19.7 Å². The molecule has 0 fully saturated rings. The van der Waals surface area contributed by atoms with Crippen LogP contribution in [0.5, 0.6) is 0 Å². The third-order valence-corrected chi connectivity index (χ3v) is 2.73. The van der Waals surface area contributed by atoms with Crippen molar-refractivity contribution in [2.75, 3.05) is 0 Å². The van der Waals surface area contributed by atoms with Gasteiger partial charge < -0.3 is 10.4 Å². The summed E-state index contributed by atoms with van der Waals surface area (Å²) in [5, 5.41) is 22.0. The first-order valence-corrected chi connectivity index (χ1v) is 6.07. The van der Waals surface area contributed by atoms with E-state index >= 15 is 0 Å². The van der Waals surface area contributed by atoms with Gasteiger partial charge in [-0.1, -0.05) is 26.0 Å². The van der Waals surface area contributed by atoms with Crippen LogP contribution in [0.1, 0.15) is 19.4 Å². The van der Waals surface area contributed by atoms with E-state index in [1.807, 2.05) is 0 Å². The van der Waals surface area contributed by atoms with Gasteiger partial charge in [0.1, 0.15) is 6.04 Å². The van der Waals surface area contributed by atoms with Crippen LogP contribution in [0.3, 0.4) is 0 Å². The summed E-state index contributed by atoms with van der Waals surface area (Å²) in [7, 11) is 0. The molecule has 0 saturated heterocycles. The summed E-state index contributed by atoms with van der Waals surface area (Å²) in [6.45, 7) is 3.33. The van der Waals surface area contributed by atoms with E-state index in [0.717, 1.165) is 0 Å². The minimum atomic E-state index is -1.14. The molecule has 0 aliphatic carbocycles. The molecular formula is C13H16N2O5. The van der Waals surface area contributed by atoms with E-state index < -0.39 is 16.9 Å². The third-order valence-electron chi connectivity index (χ3n) is 2.73. The first kappa shape index (κ1) is 15.6. The van der Waals surface area contributed by atoms with Crippen LogP contribution in [0.4, 0.5) is 5.69 Å². The molecular weight excluding hydrogens is 264 g/mol. The molecule has 7 nitrogen and oxygen atoms in total. The van der Waals surface area contributed by atoms with Crippen LogP contribution in [0.15, 0.2) is 24.3 Å². The van der Waals surface area contributed by atoms with Gasteiger partial charge in [-0.2, -0.15) is 0 Å². The highest BCUT2D eigenvalue weighted by Gasteiger charge is 2.21. The molecule has 108 valence electrons. The average Bonchev–Trinajstić information content (AvgIpc) is 2.38. The number of non-ortho nitro benzene ring substituents is 1. The van der Waals surface area contributed by atoms with E-state index in [0.29, 0.717) is 5.56 Å².